The van der Waals surface area contributed by atoms with Gasteiger partial charge in [-0.1, -0.05) is 12.1 Å². The first-order valence-electron chi connectivity index (χ1n) is 8.13. The number of nitrogens with zero attached hydrogens (tertiary/aromatic N) is 3. The van der Waals surface area contributed by atoms with E-state index in [1.165, 1.54) is 0 Å². The Kier molecular flexibility index (Phi) is 4.10. The fraction of sp³-hybridized carbons (Fsp3) is 0.588. The number of rotatable bonds is 3. The maximum atomic E-state index is 13.0. The molecule has 124 valence electrons. The zero-order chi connectivity index (χ0) is 16.6. The summed E-state index contributed by atoms with van der Waals surface area (Å²) in [5.74, 6) is -0.00515. The van der Waals surface area contributed by atoms with Crippen molar-refractivity contribution < 1.29 is 14.4 Å². The summed E-state index contributed by atoms with van der Waals surface area (Å²) in [5, 5.41) is 14.3. The lowest BCUT2D eigenvalue weighted by Crippen LogP contribution is -2.44. The van der Waals surface area contributed by atoms with Gasteiger partial charge in [-0.3, -0.25) is 4.79 Å². The molecule has 0 aliphatic carbocycles. The first kappa shape index (κ1) is 15.9. The summed E-state index contributed by atoms with van der Waals surface area (Å²) < 4.78 is 5.21. The highest BCUT2D eigenvalue weighted by Crippen LogP contribution is 2.35. The van der Waals surface area contributed by atoms with Crippen molar-refractivity contribution >= 4 is 17.0 Å². The number of aliphatic hydroxyl groups is 1. The number of piperidine rings is 1. The van der Waals surface area contributed by atoms with Crippen LogP contribution < -0.4 is 0 Å². The number of fused-ring (bicyclic) bond motifs is 1. The monoisotopic (exact) mass is 317 g/mol. The lowest BCUT2D eigenvalue weighted by Gasteiger charge is -2.40. The van der Waals surface area contributed by atoms with E-state index in [2.05, 4.69) is 17.1 Å². The number of aryl methyl sites for hydroxylation is 2. The van der Waals surface area contributed by atoms with Crippen molar-refractivity contribution in [2.24, 2.45) is 5.41 Å². The van der Waals surface area contributed by atoms with Gasteiger partial charge in [0, 0.05) is 25.4 Å². The first-order valence-corrected chi connectivity index (χ1v) is 8.13. The standard InChI is InChI=1S/C17H23N3O3/c1-4-17(10-21)5-7-20(8-6-17)16(22)13-9-11(2)18-15-14(13)12(3)19-23-15/h9,21H,4-8,10H2,1-3H3. The Morgan fingerprint density at radius 1 is 1.39 bits per heavy atom. The Balaban J connectivity index is 1.89. The predicted octanol–water partition coefficient (Wildman–Crippen LogP) is 2.46. The molecule has 0 spiro atoms. The number of hydrogen-bond acceptors (Lipinski definition) is 5. The van der Waals surface area contributed by atoms with Gasteiger partial charge in [0.15, 0.2) is 0 Å². The normalized spacial score (nSPS) is 17.7. The summed E-state index contributed by atoms with van der Waals surface area (Å²) in [4.78, 5) is 19.1. The van der Waals surface area contributed by atoms with Crippen molar-refractivity contribution in [2.75, 3.05) is 19.7 Å². The highest BCUT2D eigenvalue weighted by molar-refractivity contribution is 6.06. The molecular formula is C17H23N3O3. The van der Waals surface area contributed by atoms with E-state index >= 15 is 0 Å². The van der Waals surface area contributed by atoms with Crippen LogP contribution in [0.25, 0.3) is 11.1 Å². The molecule has 1 amide bonds. The van der Waals surface area contributed by atoms with Gasteiger partial charge >= 0.3 is 0 Å². The Labute approximate surface area is 135 Å². The SMILES string of the molecule is CCC1(CO)CCN(C(=O)c2cc(C)nc3onc(C)c23)CC1. The summed E-state index contributed by atoms with van der Waals surface area (Å²) >= 11 is 0. The zero-order valence-corrected chi connectivity index (χ0v) is 13.9. The molecule has 0 aromatic carbocycles. The van der Waals surface area contributed by atoms with Crippen LogP contribution in [0.5, 0.6) is 0 Å². The van der Waals surface area contributed by atoms with E-state index in [1.807, 2.05) is 24.8 Å². The van der Waals surface area contributed by atoms with Crippen LogP contribution in [0, 0.1) is 19.3 Å². The van der Waals surface area contributed by atoms with Crippen molar-refractivity contribution in [1.82, 2.24) is 15.0 Å². The quantitative estimate of drug-likeness (QED) is 0.940. The van der Waals surface area contributed by atoms with E-state index in [0.717, 1.165) is 25.0 Å². The van der Waals surface area contributed by atoms with Gasteiger partial charge in [-0.25, -0.2) is 4.98 Å². The topological polar surface area (TPSA) is 79.5 Å². The van der Waals surface area contributed by atoms with E-state index in [4.69, 9.17) is 4.52 Å². The van der Waals surface area contributed by atoms with E-state index in [1.54, 1.807) is 0 Å². The summed E-state index contributed by atoms with van der Waals surface area (Å²) in [6, 6.07) is 1.81. The van der Waals surface area contributed by atoms with Gasteiger partial charge in [0.25, 0.3) is 11.6 Å². The summed E-state index contributed by atoms with van der Waals surface area (Å²) in [6.45, 7) is 7.29. The molecule has 2 aromatic rings. The Bertz CT molecular complexity index is 724. The molecule has 6 heteroatoms. The van der Waals surface area contributed by atoms with Crippen molar-refractivity contribution in [3.63, 3.8) is 0 Å². The lowest BCUT2D eigenvalue weighted by atomic mass is 9.77. The molecule has 0 unspecified atom stereocenters. The second-order valence-corrected chi connectivity index (χ2v) is 6.56. The minimum atomic E-state index is -0.0344. The van der Waals surface area contributed by atoms with Gasteiger partial charge in [-0.2, -0.15) is 0 Å². The fourth-order valence-corrected chi connectivity index (χ4v) is 3.36. The molecule has 1 aliphatic rings. The van der Waals surface area contributed by atoms with Crippen molar-refractivity contribution in [3.8, 4) is 0 Å². The van der Waals surface area contributed by atoms with Crippen LogP contribution in [-0.4, -0.2) is 45.8 Å². The largest absolute Gasteiger partial charge is 0.396 e. The van der Waals surface area contributed by atoms with Crippen LogP contribution in [0.15, 0.2) is 10.6 Å². The predicted molar refractivity (Wildman–Crippen MR) is 86.2 cm³/mol. The number of aromatic nitrogens is 2. The molecule has 1 N–H and O–H groups in total. The highest BCUT2D eigenvalue weighted by Gasteiger charge is 2.34. The number of likely N-dealkylation sites (tertiary alicyclic amines) is 1. The van der Waals surface area contributed by atoms with Crippen molar-refractivity contribution in [3.05, 3.63) is 23.0 Å². The maximum Gasteiger partial charge on any atom is 0.258 e. The van der Waals surface area contributed by atoms with Gasteiger partial charge < -0.3 is 14.5 Å². The Morgan fingerprint density at radius 3 is 2.70 bits per heavy atom. The molecule has 0 bridgehead atoms. The zero-order valence-electron chi connectivity index (χ0n) is 13.9. The minimum Gasteiger partial charge on any atom is -0.396 e. The lowest BCUT2D eigenvalue weighted by molar-refractivity contribution is 0.0339. The van der Waals surface area contributed by atoms with Gasteiger partial charge in [-0.05, 0) is 44.6 Å². The van der Waals surface area contributed by atoms with E-state index in [-0.39, 0.29) is 17.9 Å². The summed E-state index contributed by atoms with van der Waals surface area (Å²) in [5.41, 5.74) is 2.42. The first-order chi connectivity index (χ1) is 11.0. The van der Waals surface area contributed by atoms with Gasteiger partial charge in [0.1, 0.15) is 0 Å². The number of carbonyl (C=O) groups excluding carboxylic acids is 1. The second kappa shape index (κ2) is 5.92. The van der Waals surface area contributed by atoms with Crippen molar-refractivity contribution in [2.45, 2.75) is 40.0 Å². The third-order valence-corrected chi connectivity index (χ3v) is 5.17. The smallest absolute Gasteiger partial charge is 0.258 e. The number of hydrogen-bond donors (Lipinski definition) is 1. The van der Waals surface area contributed by atoms with Gasteiger partial charge in [0.2, 0.25) is 0 Å². The second-order valence-electron chi connectivity index (χ2n) is 6.56. The highest BCUT2D eigenvalue weighted by atomic mass is 16.5. The molecule has 0 atom stereocenters. The summed E-state index contributed by atoms with van der Waals surface area (Å²) in [7, 11) is 0. The van der Waals surface area contributed by atoms with Crippen LogP contribution in [-0.2, 0) is 0 Å². The summed E-state index contributed by atoms with van der Waals surface area (Å²) in [6.07, 6.45) is 2.61. The molecular weight excluding hydrogens is 294 g/mol. The van der Waals surface area contributed by atoms with Crippen LogP contribution >= 0.6 is 0 Å². The average molecular weight is 317 g/mol. The molecule has 0 saturated carbocycles. The molecule has 1 fully saturated rings. The minimum absolute atomic E-state index is 0.00515. The van der Waals surface area contributed by atoms with Crippen molar-refractivity contribution in [1.29, 1.82) is 0 Å². The van der Waals surface area contributed by atoms with E-state index in [9.17, 15) is 9.90 Å². The average Bonchev–Trinajstić information content (AvgIpc) is 2.94. The fourth-order valence-electron chi connectivity index (χ4n) is 3.36. The molecule has 3 rings (SSSR count). The molecule has 2 aromatic heterocycles. The van der Waals surface area contributed by atoms with E-state index in [0.29, 0.717) is 35.4 Å². The van der Waals surface area contributed by atoms with Crippen LogP contribution in [0.4, 0.5) is 0 Å². The number of pyridine rings is 1. The number of aliphatic hydroxyl groups excluding tert-OH is 1. The number of amides is 1. The van der Waals surface area contributed by atoms with Crippen LogP contribution in [0.1, 0.15) is 47.9 Å². The molecule has 0 radical (unpaired) electrons. The molecule has 23 heavy (non-hydrogen) atoms. The maximum absolute atomic E-state index is 13.0. The van der Waals surface area contributed by atoms with Crippen LogP contribution in [0.3, 0.4) is 0 Å². The molecule has 1 saturated heterocycles. The van der Waals surface area contributed by atoms with Gasteiger partial charge in [0.05, 0.1) is 16.6 Å². The third kappa shape index (κ3) is 2.72. The molecule has 6 nitrogen and oxygen atoms in total. The molecule has 1 aliphatic heterocycles. The van der Waals surface area contributed by atoms with E-state index < -0.39 is 0 Å². The Hall–Kier alpha value is -1.95. The van der Waals surface area contributed by atoms with Gasteiger partial charge in [-0.15, -0.1) is 0 Å². The Morgan fingerprint density at radius 2 is 2.09 bits per heavy atom. The third-order valence-electron chi connectivity index (χ3n) is 5.17. The number of carbonyl (C=O) groups is 1. The molecule has 3 heterocycles. The van der Waals surface area contributed by atoms with Crippen LogP contribution in [0.2, 0.25) is 0 Å².